The van der Waals surface area contributed by atoms with Gasteiger partial charge in [0, 0.05) is 11.1 Å². The van der Waals surface area contributed by atoms with Gasteiger partial charge in [-0.1, -0.05) is 18.2 Å². The Labute approximate surface area is 183 Å². The number of nitrogens with zero attached hydrogens (tertiary/aromatic N) is 1. The third-order valence-corrected chi connectivity index (χ3v) is 5.08. The maximum absolute atomic E-state index is 12.6. The summed E-state index contributed by atoms with van der Waals surface area (Å²) < 4.78 is 21.5. The van der Waals surface area contributed by atoms with Crippen LogP contribution < -0.4 is 19.6 Å². The minimum atomic E-state index is -0.548. The Kier molecular flexibility index (Phi) is 5.27. The van der Waals surface area contributed by atoms with Crippen molar-refractivity contribution >= 4 is 18.1 Å². The Balaban J connectivity index is 1.26. The van der Waals surface area contributed by atoms with Crippen molar-refractivity contribution in [3.63, 3.8) is 0 Å². The molecule has 0 atom stereocenters. The van der Waals surface area contributed by atoms with Crippen LogP contribution in [0.3, 0.4) is 0 Å². The van der Waals surface area contributed by atoms with Crippen molar-refractivity contribution in [3.8, 4) is 17.2 Å². The lowest BCUT2D eigenvalue weighted by Gasteiger charge is -2.08. The van der Waals surface area contributed by atoms with E-state index in [0.29, 0.717) is 47.2 Å². The third kappa shape index (κ3) is 4.03. The number of hydrazone groups is 1. The third-order valence-electron chi connectivity index (χ3n) is 5.08. The summed E-state index contributed by atoms with van der Waals surface area (Å²) in [5.74, 6) is 0.498. The number of carbonyl (C=O) groups excluding carboxylic acids is 2. The fourth-order valence-electron chi connectivity index (χ4n) is 3.40. The first kappa shape index (κ1) is 19.8. The molecule has 3 aromatic rings. The van der Waals surface area contributed by atoms with Crippen LogP contribution in [0, 0.1) is 0 Å². The SMILES string of the molecule is O=C(NN=Cc1ccccc1OC(=O)c1ccc2c(c1)OCO2)c1ccc2c(c1)COC2. The standard InChI is InChI=1S/C24H18N2O6/c27-23(15-5-6-18-12-29-13-19(18)9-15)26-25-11-17-3-1-2-4-20(17)32-24(28)16-7-8-21-22(10-16)31-14-30-21/h1-11H,12-14H2,(H,26,27). The molecule has 0 aromatic heterocycles. The molecule has 0 unspecified atom stereocenters. The molecule has 0 fully saturated rings. The van der Waals surface area contributed by atoms with Crippen molar-refractivity contribution in [1.82, 2.24) is 5.43 Å². The molecule has 2 aliphatic rings. The molecule has 0 saturated carbocycles. The maximum atomic E-state index is 12.6. The average Bonchev–Trinajstić information content (AvgIpc) is 3.48. The van der Waals surface area contributed by atoms with E-state index in [0.717, 1.165) is 11.1 Å². The van der Waals surface area contributed by atoms with Gasteiger partial charge in [-0.3, -0.25) is 4.79 Å². The van der Waals surface area contributed by atoms with E-state index in [-0.39, 0.29) is 12.7 Å². The van der Waals surface area contributed by atoms with E-state index >= 15 is 0 Å². The zero-order chi connectivity index (χ0) is 21.9. The van der Waals surface area contributed by atoms with Crippen molar-refractivity contribution in [3.05, 3.63) is 88.5 Å². The number of carbonyl (C=O) groups is 2. The zero-order valence-corrected chi connectivity index (χ0v) is 16.9. The van der Waals surface area contributed by atoms with Crippen LogP contribution in [0.2, 0.25) is 0 Å². The van der Waals surface area contributed by atoms with E-state index in [1.165, 1.54) is 6.21 Å². The second-order valence-electron chi connectivity index (χ2n) is 7.17. The van der Waals surface area contributed by atoms with Crippen LogP contribution in [0.25, 0.3) is 0 Å². The average molecular weight is 430 g/mol. The lowest BCUT2D eigenvalue weighted by molar-refractivity contribution is 0.0733. The molecule has 8 nitrogen and oxygen atoms in total. The molecule has 0 bridgehead atoms. The minimum absolute atomic E-state index is 0.123. The number of ether oxygens (including phenoxy) is 4. The van der Waals surface area contributed by atoms with E-state index in [2.05, 4.69) is 10.5 Å². The maximum Gasteiger partial charge on any atom is 0.343 e. The predicted octanol–water partition coefficient (Wildman–Crippen LogP) is 3.43. The summed E-state index contributed by atoms with van der Waals surface area (Å²) in [6.07, 6.45) is 1.43. The highest BCUT2D eigenvalue weighted by Gasteiger charge is 2.18. The number of para-hydroxylation sites is 1. The first-order valence-corrected chi connectivity index (χ1v) is 9.91. The van der Waals surface area contributed by atoms with Gasteiger partial charge in [-0.15, -0.1) is 0 Å². The van der Waals surface area contributed by atoms with Gasteiger partial charge in [0.1, 0.15) is 5.75 Å². The van der Waals surface area contributed by atoms with E-state index in [9.17, 15) is 9.59 Å². The molecule has 160 valence electrons. The highest BCUT2D eigenvalue weighted by Crippen LogP contribution is 2.33. The molecule has 1 N–H and O–H groups in total. The summed E-state index contributed by atoms with van der Waals surface area (Å²) >= 11 is 0. The monoisotopic (exact) mass is 430 g/mol. The fraction of sp³-hybridized carbons (Fsp3) is 0.125. The first-order chi connectivity index (χ1) is 15.7. The summed E-state index contributed by atoms with van der Waals surface area (Å²) in [5.41, 5.74) is 5.94. The fourth-order valence-corrected chi connectivity index (χ4v) is 3.40. The molecule has 32 heavy (non-hydrogen) atoms. The first-order valence-electron chi connectivity index (χ1n) is 9.91. The highest BCUT2D eigenvalue weighted by molar-refractivity contribution is 5.96. The van der Waals surface area contributed by atoms with Gasteiger partial charge in [-0.05, 0) is 53.6 Å². The molecule has 8 heteroatoms. The molecule has 1 amide bonds. The smallest absolute Gasteiger partial charge is 0.343 e. The summed E-state index contributed by atoms with van der Waals surface area (Å²) in [7, 11) is 0. The molecule has 2 aliphatic heterocycles. The molecule has 5 rings (SSSR count). The lowest BCUT2D eigenvalue weighted by Crippen LogP contribution is -2.18. The summed E-state index contributed by atoms with van der Waals surface area (Å²) in [5, 5.41) is 4.02. The molecule has 0 aliphatic carbocycles. The van der Waals surface area contributed by atoms with Crippen molar-refractivity contribution in [1.29, 1.82) is 0 Å². The second kappa shape index (κ2) is 8.52. The molecular weight excluding hydrogens is 412 g/mol. The van der Waals surface area contributed by atoms with Crippen molar-refractivity contribution < 1.29 is 28.5 Å². The predicted molar refractivity (Wildman–Crippen MR) is 114 cm³/mol. The van der Waals surface area contributed by atoms with Gasteiger partial charge in [-0.25, -0.2) is 10.2 Å². The van der Waals surface area contributed by atoms with Crippen LogP contribution in [-0.4, -0.2) is 24.9 Å². The van der Waals surface area contributed by atoms with Crippen LogP contribution in [0.15, 0.2) is 65.8 Å². The Morgan fingerprint density at radius 3 is 2.66 bits per heavy atom. The largest absolute Gasteiger partial charge is 0.454 e. The number of amides is 1. The van der Waals surface area contributed by atoms with Gasteiger partial charge in [0.2, 0.25) is 6.79 Å². The van der Waals surface area contributed by atoms with Crippen LogP contribution in [0.5, 0.6) is 17.2 Å². The number of benzene rings is 3. The highest BCUT2D eigenvalue weighted by atomic mass is 16.7. The quantitative estimate of drug-likeness (QED) is 0.288. The lowest BCUT2D eigenvalue weighted by atomic mass is 10.1. The summed E-state index contributed by atoms with van der Waals surface area (Å²) in [6.45, 7) is 1.19. The van der Waals surface area contributed by atoms with Gasteiger partial charge < -0.3 is 18.9 Å². The van der Waals surface area contributed by atoms with Gasteiger partial charge in [0.05, 0.1) is 25.0 Å². The van der Waals surface area contributed by atoms with E-state index in [1.54, 1.807) is 54.6 Å². The van der Waals surface area contributed by atoms with Gasteiger partial charge >= 0.3 is 5.97 Å². The van der Waals surface area contributed by atoms with Crippen LogP contribution in [0.1, 0.15) is 37.4 Å². The number of esters is 1. The summed E-state index contributed by atoms with van der Waals surface area (Å²) in [4.78, 5) is 25.0. The van der Waals surface area contributed by atoms with Gasteiger partial charge in [0.25, 0.3) is 5.91 Å². The Bertz CT molecular complexity index is 1240. The topological polar surface area (TPSA) is 95.5 Å². The molecular formula is C24H18N2O6. The van der Waals surface area contributed by atoms with Gasteiger partial charge in [-0.2, -0.15) is 5.10 Å². The van der Waals surface area contributed by atoms with Crippen LogP contribution >= 0.6 is 0 Å². The molecule has 2 heterocycles. The van der Waals surface area contributed by atoms with Crippen LogP contribution in [0.4, 0.5) is 0 Å². The van der Waals surface area contributed by atoms with Crippen LogP contribution in [-0.2, 0) is 18.0 Å². The van der Waals surface area contributed by atoms with Crippen molar-refractivity contribution in [2.24, 2.45) is 5.10 Å². The number of fused-ring (bicyclic) bond motifs is 2. The molecule has 3 aromatic carbocycles. The normalized spacial score (nSPS) is 13.8. The van der Waals surface area contributed by atoms with E-state index in [4.69, 9.17) is 18.9 Å². The second-order valence-corrected chi connectivity index (χ2v) is 7.17. The van der Waals surface area contributed by atoms with Crippen molar-refractivity contribution in [2.75, 3.05) is 6.79 Å². The van der Waals surface area contributed by atoms with Crippen molar-refractivity contribution in [2.45, 2.75) is 13.2 Å². The molecule has 0 spiro atoms. The molecule has 0 radical (unpaired) electrons. The zero-order valence-electron chi connectivity index (χ0n) is 16.9. The number of hydrogen-bond donors (Lipinski definition) is 1. The minimum Gasteiger partial charge on any atom is -0.454 e. The van der Waals surface area contributed by atoms with Gasteiger partial charge in [0.15, 0.2) is 11.5 Å². The number of hydrogen-bond acceptors (Lipinski definition) is 7. The Morgan fingerprint density at radius 2 is 1.72 bits per heavy atom. The van der Waals surface area contributed by atoms with E-state index in [1.807, 2.05) is 6.07 Å². The number of nitrogens with one attached hydrogen (secondary N) is 1. The molecule has 0 saturated heterocycles. The summed E-state index contributed by atoms with van der Waals surface area (Å²) in [6, 6.07) is 17.1. The van der Waals surface area contributed by atoms with E-state index < -0.39 is 5.97 Å². The number of rotatable bonds is 5. The Hall–Kier alpha value is -4.17. The Morgan fingerprint density at radius 1 is 0.906 bits per heavy atom.